The number of halogens is 2. The Kier molecular flexibility index (Phi) is 2.94. The number of H-pyrrole nitrogens is 1. The topological polar surface area (TPSA) is 63.9 Å². The summed E-state index contributed by atoms with van der Waals surface area (Å²) < 4.78 is 31.9. The fraction of sp³-hybridized carbons (Fsp3) is 0.250. The number of nitrogen functional groups attached to an aromatic ring is 1. The lowest BCUT2D eigenvalue weighted by Crippen LogP contribution is -2.09. The number of alkyl halides is 2. The molecule has 6 heteroatoms. The van der Waals surface area contributed by atoms with Gasteiger partial charge >= 0.3 is 0 Å². The fourth-order valence-electron chi connectivity index (χ4n) is 1.74. The number of hydrogen-bond acceptors (Lipinski definition) is 3. The number of benzene rings is 1. The van der Waals surface area contributed by atoms with Crippen molar-refractivity contribution >= 4 is 5.82 Å². The second-order valence-electron chi connectivity index (χ2n) is 3.98. The highest BCUT2D eigenvalue weighted by atomic mass is 19.3. The van der Waals surface area contributed by atoms with Crippen molar-refractivity contribution in [3.63, 3.8) is 0 Å². The van der Waals surface area contributed by atoms with E-state index < -0.39 is 5.92 Å². The van der Waals surface area contributed by atoms with Crippen LogP contribution in [0.2, 0.25) is 0 Å². The molecule has 0 spiro atoms. The summed E-state index contributed by atoms with van der Waals surface area (Å²) in [5.74, 6) is -2.43. The molecule has 0 aliphatic carbocycles. The third-order valence-electron chi connectivity index (χ3n) is 2.59. The molecule has 3 N–H and O–H groups in total. The summed E-state index contributed by atoms with van der Waals surface area (Å²) in [4.78, 5) is 0. The van der Waals surface area contributed by atoms with Gasteiger partial charge in [-0.2, -0.15) is 13.9 Å². The van der Waals surface area contributed by atoms with Gasteiger partial charge in [0.1, 0.15) is 11.4 Å². The van der Waals surface area contributed by atoms with E-state index in [1.54, 1.807) is 24.3 Å². The minimum Gasteiger partial charge on any atom is -0.497 e. The maximum atomic E-state index is 13.4. The van der Waals surface area contributed by atoms with Crippen molar-refractivity contribution in [1.82, 2.24) is 10.2 Å². The maximum absolute atomic E-state index is 13.4. The monoisotopic (exact) mass is 253 g/mol. The van der Waals surface area contributed by atoms with E-state index in [0.717, 1.165) is 6.92 Å². The molecule has 4 nitrogen and oxygen atoms in total. The molecule has 0 saturated carbocycles. The number of methoxy groups -OCH3 is 1. The SMILES string of the molecule is COc1cccc(-c2c(N)n[nH]c2C(C)(F)F)c1. The van der Waals surface area contributed by atoms with Gasteiger partial charge in [-0.25, -0.2) is 0 Å². The summed E-state index contributed by atoms with van der Waals surface area (Å²) >= 11 is 0. The van der Waals surface area contributed by atoms with Gasteiger partial charge in [0, 0.05) is 6.92 Å². The molecule has 0 atom stereocenters. The molecule has 0 radical (unpaired) electrons. The second kappa shape index (κ2) is 4.29. The van der Waals surface area contributed by atoms with Crippen molar-refractivity contribution in [2.45, 2.75) is 12.8 Å². The van der Waals surface area contributed by atoms with Crippen LogP contribution in [-0.4, -0.2) is 17.3 Å². The van der Waals surface area contributed by atoms with E-state index in [0.29, 0.717) is 11.3 Å². The van der Waals surface area contributed by atoms with E-state index in [4.69, 9.17) is 10.5 Å². The molecule has 1 aromatic heterocycles. The van der Waals surface area contributed by atoms with Gasteiger partial charge in [0.2, 0.25) is 0 Å². The number of ether oxygens (including phenoxy) is 1. The van der Waals surface area contributed by atoms with Crippen molar-refractivity contribution < 1.29 is 13.5 Å². The summed E-state index contributed by atoms with van der Waals surface area (Å²) in [6.45, 7) is 0.795. The summed E-state index contributed by atoms with van der Waals surface area (Å²) in [5, 5.41) is 5.93. The zero-order valence-corrected chi connectivity index (χ0v) is 10.00. The van der Waals surface area contributed by atoms with Crippen LogP contribution in [0, 0.1) is 0 Å². The molecule has 0 saturated heterocycles. The second-order valence-corrected chi connectivity index (χ2v) is 3.98. The van der Waals surface area contributed by atoms with Gasteiger partial charge in [-0.15, -0.1) is 0 Å². The molecule has 0 aliphatic rings. The first-order valence-corrected chi connectivity index (χ1v) is 5.30. The smallest absolute Gasteiger partial charge is 0.287 e. The number of aromatic amines is 1. The minimum absolute atomic E-state index is 0.0415. The van der Waals surface area contributed by atoms with E-state index in [1.807, 2.05) is 0 Å². The van der Waals surface area contributed by atoms with Gasteiger partial charge in [0.25, 0.3) is 5.92 Å². The summed E-state index contributed by atoms with van der Waals surface area (Å²) in [7, 11) is 1.51. The molecule has 96 valence electrons. The van der Waals surface area contributed by atoms with Crippen LogP contribution in [0.15, 0.2) is 24.3 Å². The highest BCUT2D eigenvalue weighted by Crippen LogP contribution is 2.38. The van der Waals surface area contributed by atoms with E-state index in [-0.39, 0.29) is 17.1 Å². The Morgan fingerprint density at radius 3 is 2.72 bits per heavy atom. The Morgan fingerprint density at radius 2 is 2.11 bits per heavy atom. The average molecular weight is 253 g/mol. The third kappa shape index (κ3) is 2.13. The number of rotatable bonds is 3. The van der Waals surface area contributed by atoms with Crippen LogP contribution >= 0.6 is 0 Å². The quantitative estimate of drug-likeness (QED) is 0.884. The van der Waals surface area contributed by atoms with Crippen molar-refractivity contribution in [2.75, 3.05) is 12.8 Å². The van der Waals surface area contributed by atoms with Crippen molar-refractivity contribution in [3.05, 3.63) is 30.0 Å². The first-order valence-electron chi connectivity index (χ1n) is 5.30. The molecular formula is C12H13F2N3O. The molecule has 2 rings (SSSR count). The van der Waals surface area contributed by atoms with Crippen molar-refractivity contribution in [2.24, 2.45) is 0 Å². The van der Waals surface area contributed by atoms with E-state index in [1.165, 1.54) is 7.11 Å². The van der Waals surface area contributed by atoms with Crippen LogP contribution in [0.4, 0.5) is 14.6 Å². The molecule has 1 aromatic carbocycles. The first-order chi connectivity index (χ1) is 8.43. The summed E-state index contributed by atoms with van der Waals surface area (Å²) in [5.41, 5.74) is 6.10. The molecule has 0 unspecified atom stereocenters. The van der Waals surface area contributed by atoms with Crippen LogP contribution in [0.1, 0.15) is 12.6 Å². The Balaban J connectivity index is 2.59. The normalized spacial score (nSPS) is 11.6. The molecule has 0 fully saturated rings. The van der Waals surface area contributed by atoms with Crippen LogP contribution in [-0.2, 0) is 5.92 Å². The van der Waals surface area contributed by atoms with E-state index in [9.17, 15) is 8.78 Å². The largest absolute Gasteiger partial charge is 0.497 e. The number of nitrogens with zero attached hydrogens (tertiary/aromatic N) is 1. The van der Waals surface area contributed by atoms with Gasteiger partial charge in [-0.1, -0.05) is 12.1 Å². The predicted octanol–water partition coefficient (Wildman–Crippen LogP) is 2.78. The Labute approximate surface area is 103 Å². The van der Waals surface area contributed by atoms with Crippen LogP contribution < -0.4 is 10.5 Å². The average Bonchev–Trinajstić information content (AvgIpc) is 2.71. The maximum Gasteiger partial charge on any atom is 0.287 e. The number of aromatic nitrogens is 2. The number of anilines is 1. The van der Waals surface area contributed by atoms with E-state index in [2.05, 4.69) is 10.2 Å². The first kappa shape index (κ1) is 12.3. The van der Waals surface area contributed by atoms with E-state index >= 15 is 0 Å². The zero-order valence-electron chi connectivity index (χ0n) is 10.00. The Bertz CT molecular complexity index is 561. The predicted molar refractivity (Wildman–Crippen MR) is 64.6 cm³/mol. The molecule has 18 heavy (non-hydrogen) atoms. The van der Waals surface area contributed by atoms with Crippen molar-refractivity contribution in [1.29, 1.82) is 0 Å². The fourth-order valence-corrected chi connectivity index (χ4v) is 1.74. The summed E-state index contributed by atoms with van der Waals surface area (Å²) in [6, 6.07) is 6.75. The molecule has 0 aliphatic heterocycles. The van der Waals surface area contributed by atoms with Gasteiger partial charge < -0.3 is 10.5 Å². The number of nitrogens with one attached hydrogen (secondary N) is 1. The van der Waals surface area contributed by atoms with Gasteiger partial charge in [-0.3, -0.25) is 5.10 Å². The molecule has 0 bridgehead atoms. The molecule has 2 aromatic rings. The highest BCUT2D eigenvalue weighted by molar-refractivity contribution is 5.77. The van der Waals surface area contributed by atoms with Gasteiger partial charge in [0.05, 0.1) is 12.7 Å². The highest BCUT2D eigenvalue weighted by Gasteiger charge is 2.32. The zero-order chi connectivity index (χ0) is 13.3. The standard InChI is InChI=1S/C12H13F2N3O/c1-12(13,14)10-9(11(15)17-16-10)7-4-3-5-8(6-7)18-2/h3-6H,1-2H3,(H3,15,16,17). The minimum atomic E-state index is -3.04. The molecular weight excluding hydrogens is 240 g/mol. The van der Waals surface area contributed by atoms with Gasteiger partial charge in [-0.05, 0) is 17.7 Å². The van der Waals surface area contributed by atoms with Gasteiger partial charge in [0.15, 0.2) is 5.82 Å². The summed E-state index contributed by atoms with van der Waals surface area (Å²) in [6.07, 6.45) is 0. The number of hydrogen-bond donors (Lipinski definition) is 2. The molecule has 0 amide bonds. The van der Waals surface area contributed by atoms with Crippen molar-refractivity contribution in [3.8, 4) is 16.9 Å². The van der Waals surface area contributed by atoms with Crippen LogP contribution in [0.3, 0.4) is 0 Å². The lowest BCUT2D eigenvalue weighted by Gasteiger charge is -2.11. The van der Waals surface area contributed by atoms with Crippen LogP contribution in [0.5, 0.6) is 5.75 Å². The lowest BCUT2D eigenvalue weighted by atomic mass is 10.0. The Morgan fingerprint density at radius 1 is 1.39 bits per heavy atom. The van der Waals surface area contributed by atoms with Crippen LogP contribution in [0.25, 0.3) is 11.1 Å². The lowest BCUT2D eigenvalue weighted by molar-refractivity contribution is 0.0133. The molecule has 1 heterocycles. The third-order valence-corrected chi connectivity index (χ3v) is 2.59. The number of nitrogens with two attached hydrogens (primary N) is 1. The Hall–Kier alpha value is -2.11.